The van der Waals surface area contributed by atoms with Gasteiger partial charge >= 0.3 is 0 Å². The van der Waals surface area contributed by atoms with Gasteiger partial charge in [0.25, 0.3) is 0 Å². The van der Waals surface area contributed by atoms with Crippen LogP contribution in [0.2, 0.25) is 0 Å². The minimum atomic E-state index is -3.68. The van der Waals surface area contributed by atoms with Crippen molar-refractivity contribution in [1.82, 2.24) is 14.1 Å². The summed E-state index contributed by atoms with van der Waals surface area (Å²) in [5.41, 5.74) is 1.27. The first-order valence-corrected chi connectivity index (χ1v) is 11.9. The van der Waals surface area contributed by atoms with Crippen molar-refractivity contribution in [2.45, 2.75) is 53.0 Å². The quantitative estimate of drug-likeness (QED) is 0.562. The molecule has 1 amide bonds. The van der Waals surface area contributed by atoms with Crippen LogP contribution in [-0.2, 0) is 21.4 Å². The SMILES string of the molecule is CCOc1ccc(OCC)c(NC(=O)Cn2nc(C)c(S(=O)(=O)N(CC)CC)c2C)c1. The summed E-state index contributed by atoms with van der Waals surface area (Å²) in [6.07, 6.45) is 0. The average molecular weight is 453 g/mol. The van der Waals surface area contributed by atoms with Gasteiger partial charge in [-0.05, 0) is 39.8 Å². The largest absolute Gasteiger partial charge is 0.494 e. The van der Waals surface area contributed by atoms with Crippen LogP contribution < -0.4 is 14.8 Å². The second-order valence-electron chi connectivity index (χ2n) is 6.82. The van der Waals surface area contributed by atoms with Crippen molar-refractivity contribution in [1.29, 1.82) is 0 Å². The van der Waals surface area contributed by atoms with Gasteiger partial charge in [-0.25, -0.2) is 8.42 Å². The lowest BCUT2D eigenvalue weighted by atomic mass is 10.2. The van der Waals surface area contributed by atoms with E-state index in [1.807, 2.05) is 13.8 Å². The van der Waals surface area contributed by atoms with Crippen molar-refractivity contribution in [2.75, 3.05) is 31.6 Å². The minimum Gasteiger partial charge on any atom is -0.494 e. The number of nitrogens with zero attached hydrogens (tertiary/aromatic N) is 3. The van der Waals surface area contributed by atoms with Gasteiger partial charge in [-0.3, -0.25) is 9.48 Å². The van der Waals surface area contributed by atoms with Crippen molar-refractivity contribution >= 4 is 21.6 Å². The maximum absolute atomic E-state index is 13.0. The number of amides is 1. The first-order chi connectivity index (χ1) is 14.7. The fraction of sp³-hybridized carbons (Fsp3) is 0.524. The minimum absolute atomic E-state index is 0.134. The van der Waals surface area contributed by atoms with E-state index in [9.17, 15) is 13.2 Å². The Morgan fingerprint density at radius 3 is 2.32 bits per heavy atom. The van der Waals surface area contributed by atoms with Crippen LogP contribution in [0.25, 0.3) is 0 Å². The van der Waals surface area contributed by atoms with Gasteiger partial charge in [0.1, 0.15) is 22.9 Å². The van der Waals surface area contributed by atoms with Crippen molar-refractivity contribution in [3.63, 3.8) is 0 Å². The van der Waals surface area contributed by atoms with Crippen LogP contribution in [0.15, 0.2) is 23.1 Å². The molecule has 2 aromatic rings. The van der Waals surface area contributed by atoms with Crippen molar-refractivity contribution < 1.29 is 22.7 Å². The first kappa shape index (κ1) is 24.7. The highest BCUT2D eigenvalue weighted by Gasteiger charge is 2.29. The van der Waals surface area contributed by atoms with E-state index in [-0.39, 0.29) is 17.3 Å². The topological polar surface area (TPSA) is 103 Å². The summed E-state index contributed by atoms with van der Waals surface area (Å²) < 4.78 is 39.8. The van der Waals surface area contributed by atoms with Crippen molar-refractivity contribution in [3.05, 3.63) is 29.6 Å². The predicted octanol–water partition coefficient (Wildman–Crippen LogP) is 2.97. The normalized spacial score (nSPS) is 11.6. The summed E-state index contributed by atoms with van der Waals surface area (Å²) in [4.78, 5) is 12.9. The van der Waals surface area contributed by atoms with E-state index in [0.717, 1.165) is 0 Å². The molecule has 10 heteroatoms. The van der Waals surface area contributed by atoms with Gasteiger partial charge in [-0.2, -0.15) is 9.40 Å². The van der Waals surface area contributed by atoms with Gasteiger partial charge in [0.15, 0.2) is 0 Å². The predicted molar refractivity (Wildman–Crippen MR) is 119 cm³/mol. The molecular formula is C21H32N4O5S. The molecule has 0 bridgehead atoms. The molecular weight excluding hydrogens is 420 g/mol. The van der Waals surface area contributed by atoms with E-state index in [0.29, 0.717) is 54.9 Å². The van der Waals surface area contributed by atoms with Gasteiger partial charge in [-0.1, -0.05) is 13.8 Å². The molecule has 1 aromatic carbocycles. The lowest BCUT2D eigenvalue weighted by Gasteiger charge is -2.18. The molecule has 1 heterocycles. The number of rotatable bonds is 11. The highest BCUT2D eigenvalue weighted by atomic mass is 32.2. The molecule has 0 aliphatic heterocycles. The number of sulfonamides is 1. The molecule has 0 saturated carbocycles. The summed E-state index contributed by atoms with van der Waals surface area (Å²) in [5.74, 6) is 0.782. The highest BCUT2D eigenvalue weighted by Crippen LogP contribution is 2.30. The van der Waals surface area contributed by atoms with E-state index in [2.05, 4.69) is 10.4 Å². The molecule has 0 saturated heterocycles. The lowest BCUT2D eigenvalue weighted by Crippen LogP contribution is -2.31. The summed E-state index contributed by atoms with van der Waals surface area (Å²) in [6, 6.07) is 5.21. The maximum Gasteiger partial charge on any atom is 0.246 e. The summed E-state index contributed by atoms with van der Waals surface area (Å²) in [7, 11) is -3.68. The third-order valence-electron chi connectivity index (χ3n) is 4.75. The average Bonchev–Trinajstić information content (AvgIpc) is 2.98. The number of carbonyl (C=O) groups excluding carboxylic acids is 1. The Morgan fingerprint density at radius 1 is 1.10 bits per heavy atom. The second-order valence-corrected chi connectivity index (χ2v) is 8.69. The Kier molecular flexibility index (Phi) is 8.46. The zero-order chi connectivity index (χ0) is 23.2. The van der Waals surface area contributed by atoms with Crippen LogP contribution in [0.3, 0.4) is 0 Å². The highest BCUT2D eigenvalue weighted by molar-refractivity contribution is 7.89. The lowest BCUT2D eigenvalue weighted by molar-refractivity contribution is -0.117. The third-order valence-corrected chi connectivity index (χ3v) is 7.05. The zero-order valence-corrected chi connectivity index (χ0v) is 19.9. The van der Waals surface area contributed by atoms with Crippen LogP contribution in [0, 0.1) is 13.8 Å². The Hall–Kier alpha value is -2.59. The number of nitrogens with one attached hydrogen (secondary N) is 1. The number of aromatic nitrogens is 2. The molecule has 0 aliphatic rings. The molecule has 0 radical (unpaired) electrons. The molecule has 0 aliphatic carbocycles. The van der Waals surface area contributed by atoms with Gasteiger partial charge in [0.2, 0.25) is 15.9 Å². The van der Waals surface area contributed by atoms with Crippen molar-refractivity contribution in [3.8, 4) is 11.5 Å². The summed E-state index contributed by atoms with van der Waals surface area (Å²) in [6.45, 7) is 12.1. The van der Waals surface area contributed by atoms with E-state index in [1.165, 1.54) is 8.99 Å². The van der Waals surface area contributed by atoms with Crippen LogP contribution in [-0.4, -0.2) is 54.7 Å². The molecule has 1 N–H and O–H groups in total. The molecule has 2 rings (SSSR count). The molecule has 0 spiro atoms. The molecule has 0 unspecified atom stereocenters. The fourth-order valence-corrected chi connectivity index (χ4v) is 5.20. The standard InChI is InChI=1S/C21H32N4O5S/c1-7-24(8-2)31(27,28)21-15(5)23-25(16(21)6)14-20(26)22-18-13-17(29-9-3)11-12-19(18)30-10-4/h11-13H,7-10,14H2,1-6H3,(H,22,26). The third kappa shape index (κ3) is 5.56. The smallest absolute Gasteiger partial charge is 0.246 e. The van der Waals surface area contributed by atoms with Gasteiger partial charge in [0.05, 0.1) is 30.3 Å². The fourth-order valence-electron chi connectivity index (χ4n) is 3.37. The Bertz CT molecular complexity index is 1010. The second kappa shape index (κ2) is 10.6. The number of hydrogen-bond donors (Lipinski definition) is 1. The van der Waals surface area contributed by atoms with Gasteiger partial charge in [-0.15, -0.1) is 0 Å². The number of ether oxygens (including phenoxy) is 2. The Morgan fingerprint density at radius 2 is 1.74 bits per heavy atom. The monoisotopic (exact) mass is 452 g/mol. The number of hydrogen-bond acceptors (Lipinski definition) is 6. The van der Waals surface area contributed by atoms with Crippen LogP contribution in [0.4, 0.5) is 5.69 Å². The molecule has 31 heavy (non-hydrogen) atoms. The molecule has 9 nitrogen and oxygen atoms in total. The Balaban J connectivity index is 2.29. The first-order valence-electron chi connectivity index (χ1n) is 10.4. The van der Waals surface area contributed by atoms with E-state index >= 15 is 0 Å². The number of carbonyl (C=O) groups is 1. The summed E-state index contributed by atoms with van der Waals surface area (Å²) in [5, 5.41) is 7.13. The van der Waals surface area contributed by atoms with E-state index in [4.69, 9.17) is 9.47 Å². The van der Waals surface area contributed by atoms with Gasteiger partial charge < -0.3 is 14.8 Å². The van der Waals surface area contributed by atoms with E-state index in [1.54, 1.807) is 45.9 Å². The number of benzene rings is 1. The number of aryl methyl sites for hydroxylation is 1. The molecule has 0 atom stereocenters. The van der Waals surface area contributed by atoms with Crippen LogP contribution >= 0.6 is 0 Å². The molecule has 1 aromatic heterocycles. The number of anilines is 1. The van der Waals surface area contributed by atoms with Crippen molar-refractivity contribution in [2.24, 2.45) is 0 Å². The zero-order valence-electron chi connectivity index (χ0n) is 19.1. The van der Waals surface area contributed by atoms with E-state index < -0.39 is 10.0 Å². The molecule has 172 valence electrons. The van der Waals surface area contributed by atoms with Gasteiger partial charge in [0, 0.05) is 19.2 Å². The van der Waals surface area contributed by atoms with Crippen LogP contribution in [0.1, 0.15) is 39.1 Å². The Labute approximate surface area is 184 Å². The molecule has 0 fully saturated rings. The summed E-state index contributed by atoms with van der Waals surface area (Å²) >= 11 is 0. The maximum atomic E-state index is 13.0. The van der Waals surface area contributed by atoms with Crippen LogP contribution in [0.5, 0.6) is 11.5 Å².